The Labute approximate surface area is 124 Å². The fraction of sp³-hybridized carbons (Fsp3) is 0. The second-order valence-electron chi connectivity index (χ2n) is 2.94. The van der Waals surface area contributed by atoms with Crippen molar-refractivity contribution in [3.8, 4) is 0 Å². The molecular formula is C13H13NaO3. The quantitative estimate of drug-likeness (QED) is 0.602. The second-order valence-corrected chi connectivity index (χ2v) is 2.94. The number of carboxylic acids is 1. The minimum atomic E-state index is -0.976. The molecule has 1 aromatic carbocycles. The topological polar surface area (TPSA) is 50.4 Å². The van der Waals surface area contributed by atoms with Crippen molar-refractivity contribution in [2.45, 2.75) is 0 Å². The molecule has 17 heavy (non-hydrogen) atoms. The number of benzene rings is 1. The number of aliphatic carboxylic acids is 1. The maximum Gasteiger partial charge on any atom is 1.00 e. The smallest absolute Gasteiger partial charge is 1.00 e. The first-order chi connectivity index (χ1) is 7.72. The van der Waals surface area contributed by atoms with E-state index in [4.69, 9.17) is 5.11 Å². The fourth-order valence-electron chi connectivity index (χ4n) is 0.990. The Balaban J connectivity index is 0. The van der Waals surface area contributed by atoms with E-state index in [1.165, 1.54) is 0 Å². The third kappa shape index (κ3) is 6.12. The van der Waals surface area contributed by atoms with E-state index in [0.717, 1.165) is 0 Å². The maximum atomic E-state index is 10.4. The summed E-state index contributed by atoms with van der Waals surface area (Å²) in [6.45, 7) is 3.42. The van der Waals surface area contributed by atoms with Crippen molar-refractivity contribution in [2.24, 2.45) is 0 Å². The van der Waals surface area contributed by atoms with Crippen LogP contribution >= 0.6 is 0 Å². The molecule has 0 aliphatic heterocycles. The van der Waals surface area contributed by atoms with Crippen molar-refractivity contribution < 1.29 is 45.3 Å². The van der Waals surface area contributed by atoms with E-state index in [1.807, 2.05) is 18.2 Å². The van der Waals surface area contributed by atoms with Crippen LogP contribution < -0.4 is 29.6 Å². The molecule has 4 heteroatoms. The van der Waals surface area contributed by atoms with Crippen molar-refractivity contribution in [1.29, 1.82) is 0 Å². The Morgan fingerprint density at radius 3 is 2.00 bits per heavy atom. The van der Waals surface area contributed by atoms with Gasteiger partial charge in [-0.3, -0.25) is 0 Å². The van der Waals surface area contributed by atoms with Crippen LogP contribution in [0.4, 0.5) is 0 Å². The number of hydrogen-bond acceptors (Lipinski definition) is 2. The molecule has 0 bridgehead atoms. The summed E-state index contributed by atoms with van der Waals surface area (Å²) in [4.78, 5) is 10.4. The van der Waals surface area contributed by atoms with Gasteiger partial charge in [-0.05, 0) is 17.7 Å². The van der Waals surface area contributed by atoms with Crippen LogP contribution in [-0.2, 0) is 4.79 Å². The minimum absolute atomic E-state index is 0. The fourth-order valence-corrected chi connectivity index (χ4v) is 0.990. The zero-order valence-corrected chi connectivity index (χ0v) is 11.7. The van der Waals surface area contributed by atoms with E-state index >= 15 is 0 Å². The normalized spacial score (nSPS) is 8.24. The molecule has 0 fully saturated rings. The second kappa shape index (κ2) is 8.82. The summed E-state index contributed by atoms with van der Waals surface area (Å²) in [7, 11) is 0. The Morgan fingerprint density at radius 1 is 1.12 bits per heavy atom. The van der Waals surface area contributed by atoms with Gasteiger partial charge in [-0.2, -0.15) is 0 Å². The zero-order chi connectivity index (χ0) is 11.8. The van der Waals surface area contributed by atoms with Crippen LogP contribution in [0.3, 0.4) is 0 Å². The van der Waals surface area contributed by atoms with Gasteiger partial charge in [-0.1, -0.05) is 36.9 Å². The summed E-state index contributed by atoms with van der Waals surface area (Å²) < 4.78 is 4.58. The van der Waals surface area contributed by atoms with Gasteiger partial charge >= 0.3 is 35.5 Å². The molecule has 0 aliphatic carbocycles. The molecule has 0 aliphatic rings. The van der Waals surface area contributed by atoms with Crippen LogP contribution in [0.15, 0.2) is 66.0 Å². The molecule has 1 aromatic heterocycles. The molecule has 1 heterocycles. The van der Waals surface area contributed by atoms with Gasteiger partial charge in [0.1, 0.15) is 0 Å². The number of hydrogen-bond donors (Lipinski definition) is 1. The van der Waals surface area contributed by atoms with E-state index in [9.17, 15) is 4.79 Å². The molecule has 3 nitrogen and oxygen atoms in total. The van der Waals surface area contributed by atoms with Gasteiger partial charge in [0.15, 0.2) is 0 Å². The van der Waals surface area contributed by atoms with Crippen LogP contribution in [0.5, 0.6) is 0 Å². The summed E-state index contributed by atoms with van der Waals surface area (Å²) >= 11 is 0. The van der Waals surface area contributed by atoms with Gasteiger partial charge in [0, 0.05) is 0 Å². The summed E-state index contributed by atoms with van der Waals surface area (Å²) in [5.41, 5.74) is 0.783. The molecule has 84 valence electrons. The molecule has 1 N–H and O–H groups in total. The predicted molar refractivity (Wildman–Crippen MR) is 62.9 cm³/mol. The van der Waals surface area contributed by atoms with Crippen molar-refractivity contribution >= 4 is 11.5 Å². The number of furan rings is 1. The van der Waals surface area contributed by atoms with Crippen LogP contribution in [0.2, 0.25) is 0 Å². The average Bonchev–Trinajstić information content (AvgIpc) is 2.88. The molecule has 0 atom stereocenters. The summed E-state index contributed by atoms with van der Waals surface area (Å²) in [5, 5.41) is 8.54. The molecule has 0 unspecified atom stereocenters. The monoisotopic (exact) mass is 240 g/mol. The van der Waals surface area contributed by atoms with Crippen LogP contribution in [0, 0.1) is 0 Å². The average molecular weight is 240 g/mol. The van der Waals surface area contributed by atoms with E-state index in [1.54, 1.807) is 36.8 Å². The first kappa shape index (κ1) is 15.7. The van der Waals surface area contributed by atoms with Crippen LogP contribution in [0.1, 0.15) is 6.99 Å². The van der Waals surface area contributed by atoms with Gasteiger partial charge in [0.2, 0.25) is 0 Å². The van der Waals surface area contributed by atoms with Crippen molar-refractivity contribution in [2.75, 3.05) is 0 Å². The summed E-state index contributed by atoms with van der Waals surface area (Å²) in [6, 6.07) is 12.5. The van der Waals surface area contributed by atoms with Crippen molar-refractivity contribution in [3.05, 3.63) is 67.1 Å². The Morgan fingerprint density at radius 2 is 1.65 bits per heavy atom. The number of rotatable bonds is 2. The molecule has 0 spiro atoms. The molecule has 2 aromatic rings. The summed E-state index contributed by atoms with van der Waals surface area (Å²) in [6.07, 6.45) is 3.25. The zero-order valence-electron chi connectivity index (χ0n) is 10.7. The SMILES string of the molecule is C=C(C(=O)O)c1ccccc1.[H-].[Na+].c1ccoc1. The Bertz CT molecular complexity index is 423. The van der Waals surface area contributed by atoms with Crippen molar-refractivity contribution in [1.82, 2.24) is 0 Å². The van der Waals surface area contributed by atoms with Gasteiger partial charge in [-0.25, -0.2) is 4.79 Å². The van der Waals surface area contributed by atoms with Gasteiger partial charge in [0.25, 0.3) is 0 Å². The van der Waals surface area contributed by atoms with E-state index in [-0.39, 0.29) is 36.6 Å². The molecule has 0 saturated heterocycles. The molecule has 0 saturated carbocycles. The van der Waals surface area contributed by atoms with Gasteiger partial charge in [-0.15, -0.1) is 0 Å². The van der Waals surface area contributed by atoms with Crippen molar-refractivity contribution in [3.63, 3.8) is 0 Å². The minimum Gasteiger partial charge on any atom is -1.00 e. The predicted octanol–water partition coefficient (Wildman–Crippen LogP) is 0.181. The van der Waals surface area contributed by atoms with Crippen LogP contribution in [0.25, 0.3) is 5.57 Å². The Hall–Kier alpha value is -1.29. The number of carboxylic acid groups (broad SMARTS) is 1. The van der Waals surface area contributed by atoms with E-state index in [0.29, 0.717) is 5.56 Å². The van der Waals surface area contributed by atoms with Gasteiger partial charge in [0.05, 0.1) is 18.1 Å². The molecule has 0 amide bonds. The van der Waals surface area contributed by atoms with Gasteiger partial charge < -0.3 is 11.0 Å². The largest absolute Gasteiger partial charge is 1.00 e. The Kier molecular flexibility index (Phi) is 8.15. The standard InChI is InChI=1S/C9H8O2.C4H4O.Na.H/c1-7(9(10)11)8-5-3-2-4-6-8;1-2-4-5-3-1;;/h2-6H,1H2,(H,10,11);1-4H;;/q;;+1;-1. The number of carbonyl (C=O) groups is 1. The molecular weight excluding hydrogens is 227 g/mol. The van der Waals surface area contributed by atoms with E-state index < -0.39 is 5.97 Å². The third-order valence-electron chi connectivity index (χ3n) is 1.81. The first-order valence-electron chi connectivity index (χ1n) is 4.66. The first-order valence-corrected chi connectivity index (χ1v) is 4.66. The molecule has 2 rings (SSSR count). The maximum absolute atomic E-state index is 10.4. The third-order valence-corrected chi connectivity index (χ3v) is 1.81. The molecule has 0 radical (unpaired) electrons. The van der Waals surface area contributed by atoms with E-state index in [2.05, 4.69) is 11.0 Å². The summed E-state index contributed by atoms with van der Waals surface area (Å²) in [5.74, 6) is -0.976. The van der Waals surface area contributed by atoms with Crippen LogP contribution in [-0.4, -0.2) is 11.1 Å².